The van der Waals surface area contributed by atoms with E-state index in [4.69, 9.17) is 4.52 Å². The second-order valence-corrected chi connectivity index (χ2v) is 8.85. The zero-order valence-corrected chi connectivity index (χ0v) is 16.3. The van der Waals surface area contributed by atoms with E-state index in [1.54, 1.807) is 36.4 Å². The van der Waals surface area contributed by atoms with Gasteiger partial charge in [-0.05, 0) is 28.8 Å². The molecule has 3 aromatic rings. The zero-order chi connectivity index (χ0) is 18.7. The van der Waals surface area contributed by atoms with Gasteiger partial charge >= 0.3 is 27.6 Å². The van der Waals surface area contributed by atoms with Crippen molar-refractivity contribution in [2.24, 2.45) is 0 Å². The molecule has 0 atom stereocenters. The fraction of sp³-hybridized carbons (Fsp3) is 0. The number of hydrogen-bond acceptors (Lipinski definition) is 4. The lowest BCUT2D eigenvalue weighted by atomic mass is 9.98. The van der Waals surface area contributed by atoms with Gasteiger partial charge in [0.2, 0.25) is 0 Å². The fourth-order valence-corrected chi connectivity index (χ4v) is 4.79. The van der Waals surface area contributed by atoms with Crippen LogP contribution in [0.5, 0.6) is 5.75 Å². The standard InChI is InChI=1S/C18H14IO6P/c20-19(21)18-16(14-9-5-2-6-10-14)11-15(13-7-3-1-4-8-13)12-17(18)25-26(22,23)24/h1-12H,(H2,22,23,24). The molecule has 0 aliphatic rings. The monoisotopic (exact) mass is 484 g/mol. The van der Waals surface area contributed by atoms with Crippen molar-refractivity contribution in [3.8, 4) is 28.0 Å². The molecule has 6 nitrogen and oxygen atoms in total. The Kier molecular flexibility index (Phi) is 5.52. The van der Waals surface area contributed by atoms with E-state index in [1.165, 1.54) is 6.07 Å². The molecule has 8 heteroatoms. The van der Waals surface area contributed by atoms with Crippen molar-refractivity contribution in [1.82, 2.24) is 0 Å². The van der Waals surface area contributed by atoms with E-state index < -0.39 is 27.6 Å². The molecule has 0 saturated carbocycles. The van der Waals surface area contributed by atoms with Crippen LogP contribution in [0.4, 0.5) is 0 Å². The van der Waals surface area contributed by atoms with Gasteiger partial charge in [-0.15, -0.1) is 0 Å². The predicted molar refractivity (Wildman–Crippen MR) is 104 cm³/mol. The average molecular weight is 484 g/mol. The van der Waals surface area contributed by atoms with Crippen molar-refractivity contribution in [3.63, 3.8) is 0 Å². The zero-order valence-electron chi connectivity index (χ0n) is 13.3. The Hall–Kier alpha value is -2.06. The molecule has 0 aliphatic carbocycles. The van der Waals surface area contributed by atoms with Crippen LogP contribution in [-0.4, -0.2) is 9.79 Å². The molecule has 0 unspecified atom stereocenters. The first-order valence-electron chi connectivity index (χ1n) is 7.44. The highest BCUT2D eigenvalue weighted by atomic mass is 127. The maximum atomic E-state index is 11.9. The lowest BCUT2D eigenvalue weighted by Gasteiger charge is -2.14. The topological polar surface area (TPSA) is 101 Å². The number of halogens is 1. The Morgan fingerprint density at radius 2 is 1.31 bits per heavy atom. The van der Waals surface area contributed by atoms with Crippen LogP contribution < -0.4 is 4.52 Å². The third-order valence-electron chi connectivity index (χ3n) is 3.60. The lowest BCUT2D eigenvalue weighted by Crippen LogP contribution is -1.96. The maximum Gasteiger partial charge on any atom is 0.524 e. The van der Waals surface area contributed by atoms with Gasteiger partial charge in [0.15, 0.2) is 5.75 Å². The molecular weight excluding hydrogens is 470 g/mol. The van der Waals surface area contributed by atoms with Gasteiger partial charge in [0.1, 0.15) is 3.57 Å². The van der Waals surface area contributed by atoms with E-state index in [0.717, 1.165) is 5.56 Å². The van der Waals surface area contributed by atoms with Gasteiger partial charge < -0.3 is 4.52 Å². The number of benzene rings is 3. The molecule has 0 amide bonds. The fourth-order valence-electron chi connectivity index (χ4n) is 2.58. The van der Waals surface area contributed by atoms with Gasteiger partial charge in [0, 0.05) is 5.56 Å². The minimum absolute atomic E-state index is 0.177. The summed E-state index contributed by atoms with van der Waals surface area (Å²) < 4.78 is 39.8. The van der Waals surface area contributed by atoms with Gasteiger partial charge in [0.05, 0.1) is 0 Å². The summed E-state index contributed by atoms with van der Waals surface area (Å²) in [7, 11) is -4.93. The average Bonchev–Trinajstić information content (AvgIpc) is 2.61. The van der Waals surface area contributed by atoms with E-state index in [0.29, 0.717) is 16.7 Å². The molecule has 3 rings (SSSR count). The van der Waals surface area contributed by atoms with Crippen LogP contribution in [0.25, 0.3) is 22.3 Å². The van der Waals surface area contributed by atoms with Crippen LogP contribution >= 0.6 is 27.6 Å². The summed E-state index contributed by atoms with van der Waals surface area (Å²) in [4.78, 5) is 18.4. The van der Waals surface area contributed by atoms with Crippen LogP contribution in [0.15, 0.2) is 72.8 Å². The second-order valence-electron chi connectivity index (χ2n) is 5.37. The molecular formula is C18H14IO6P. The molecule has 2 N–H and O–H groups in total. The summed E-state index contributed by atoms with van der Waals surface area (Å²) in [5.74, 6) is -0.339. The van der Waals surface area contributed by atoms with Crippen molar-refractivity contribution in [3.05, 3.63) is 76.4 Å². The first kappa shape index (κ1) is 18.7. The lowest BCUT2D eigenvalue weighted by molar-refractivity contribution is 0.282. The van der Waals surface area contributed by atoms with Crippen molar-refractivity contribution in [2.45, 2.75) is 0 Å². The molecule has 26 heavy (non-hydrogen) atoms. The number of rotatable bonds is 5. The molecule has 0 radical (unpaired) electrons. The largest absolute Gasteiger partial charge is 0.524 e. The molecule has 0 aromatic heterocycles. The summed E-state index contributed by atoms with van der Waals surface area (Å²) in [6, 6.07) is 20.9. The normalized spacial score (nSPS) is 11.5. The minimum atomic E-state index is -4.93. The van der Waals surface area contributed by atoms with E-state index in [-0.39, 0.29) is 9.32 Å². The van der Waals surface area contributed by atoms with Crippen molar-refractivity contribution < 1.29 is 25.0 Å². The number of hydrogen-bond donors (Lipinski definition) is 2. The van der Waals surface area contributed by atoms with Crippen molar-refractivity contribution in [2.75, 3.05) is 0 Å². The quantitative estimate of drug-likeness (QED) is 0.397. The van der Waals surface area contributed by atoms with Crippen LogP contribution in [0.2, 0.25) is 0 Å². The van der Waals surface area contributed by atoms with Crippen molar-refractivity contribution in [1.29, 1.82) is 0 Å². The van der Waals surface area contributed by atoms with E-state index in [1.807, 2.05) is 30.3 Å². The van der Waals surface area contributed by atoms with Crippen LogP contribution in [0.3, 0.4) is 0 Å². The summed E-state index contributed by atoms with van der Waals surface area (Å²) in [5, 5.41) is 0. The summed E-state index contributed by atoms with van der Waals surface area (Å²) in [5.41, 5.74) is 2.33. The van der Waals surface area contributed by atoms with Crippen LogP contribution in [0, 0.1) is 3.57 Å². The minimum Gasteiger partial charge on any atom is -0.403 e. The molecule has 0 saturated heterocycles. The molecule has 3 aromatic carbocycles. The molecule has 0 spiro atoms. The SMILES string of the molecule is O=I(=O)c1c(OP(=O)(O)O)cc(-c2ccccc2)cc1-c1ccccc1. The molecule has 0 fully saturated rings. The highest BCUT2D eigenvalue weighted by Crippen LogP contribution is 2.46. The third kappa shape index (κ3) is 4.37. The Morgan fingerprint density at radius 3 is 1.81 bits per heavy atom. The molecule has 134 valence electrons. The molecule has 0 aliphatic heterocycles. The van der Waals surface area contributed by atoms with E-state index in [2.05, 4.69) is 0 Å². The summed E-state index contributed by atoms with van der Waals surface area (Å²) >= 11 is -4.14. The van der Waals surface area contributed by atoms with Gasteiger partial charge in [-0.1, -0.05) is 60.7 Å². The number of phosphoric acid groups is 1. The van der Waals surface area contributed by atoms with Crippen molar-refractivity contribution >= 4 is 27.6 Å². The molecule has 0 bridgehead atoms. The van der Waals surface area contributed by atoms with E-state index in [9.17, 15) is 20.5 Å². The Morgan fingerprint density at radius 1 is 0.769 bits per heavy atom. The van der Waals surface area contributed by atoms with Gasteiger partial charge in [0.25, 0.3) is 0 Å². The Bertz CT molecular complexity index is 1030. The summed E-state index contributed by atoms with van der Waals surface area (Å²) in [6.45, 7) is 0. The van der Waals surface area contributed by atoms with Gasteiger partial charge in [-0.2, -0.15) is 0 Å². The highest BCUT2D eigenvalue weighted by Gasteiger charge is 2.24. The van der Waals surface area contributed by atoms with Crippen LogP contribution in [0.1, 0.15) is 0 Å². The highest BCUT2D eigenvalue weighted by molar-refractivity contribution is 14.2. The van der Waals surface area contributed by atoms with E-state index >= 15 is 0 Å². The second kappa shape index (κ2) is 7.67. The third-order valence-corrected chi connectivity index (χ3v) is 6.03. The first-order chi connectivity index (χ1) is 12.3. The summed E-state index contributed by atoms with van der Waals surface area (Å²) in [6.07, 6.45) is 0. The predicted octanol–water partition coefficient (Wildman–Crippen LogP) is 4.86. The smallest absolute Gasteiger partial charge is 0.403 e. The number of phosphoric ester groups is 1. The molecule has 0 heterocycles. The maximum absolute atomic E-state index is 11.9. The van der Waals surface area contributed by atoms with Crippen LogP contribution in [-0.2, 0) is 10.7 Å². The van der Waals surface area contributed by atoms with Gasteiger partial charge in [-0.3, -0.25) is 9.79 Å². The Labute approximate surface area is 156 Å². The van der Waals surface area contributed by atoms with Gasteiger partial charge in [-0.25, -0.2) is 10.7 Å². The first-order valence-corrected chi connectivity index (χ1v) is 11.8. The Balaban J connectivity index is 2.33.